The van der Waals surface area contributed by atoms with Gasteiger partial charge in [0.15, 0.2) is 0 Å². The number of carbonyl (C=O) groups is 1. The van der Waals surface area contributed by atoms with Crippen LogP contribution in [-0.2, 0) is 18.4 Å². The molecule has 0 radical (unpaired) electrons. The molecule has 0 aliphatic carbocycles. The molecular formula is C46H89N2O6P. The highest BCUT2D eigenvalue weighted by Gasteiger charge is 2.26. The Morgan fingerprint density at radius 3 is 1.40 bits per heavy atom. The molecule has 0 fully saturated rings. The second kappa shape index (κ2) is 42.3. The maximum atomic E-state index is 12.8. The number of amides is 1. The summed E-state index contributed by atoms with van der Waals surface area (Å²) in [6, 6.07) is -0.880. The van der Waals surface area contributed by atoms with E-state index in [1.807, 2.05) is 6.08 Å². The molecule has 0 aliphatic rings. The fourth-order valence-corrected chi connectivity index (χ4v) is 7.45. The molecule has 0 aliphatic heterocycles. The number of unbranched alkanes of at least 4 members (excludes halogenated alkanes) is 27. The topological polar surface area (TPSA) is 131 Å². The molecule has 324 valence electrons. The molecular weight excluding hydrogens is 707 g/mol. The van der Waals surface area contributed by atoms with Gasteiger partial charge < -0.3 is 21.1 Å². The number of hydrogen-bond donors (Lipinski definition) is 4. The van der Waals surface area contributed by atoms with Gasteiger partial charge >= 0.3 is 7.82 Å². The highest BCUT2D eigenvalue weighted by Crippen LogP contribution is 2.43. The van der Waals surface area contributed by atoms with Crippen molar-refractivity contribution in [2.24, 2.45) is 5.73 Å². The first kappa shape index (κ1) is 53.7. The summed E-state index contributed by atoms with van der Waals surface area (Å²) in [5.41, 5.74) is 5.37. The number of nitrogens with two attached hydrogens (primary N) is 1. The average molecular weight is 797 g/mol. The van der Waals surface area contributed by atoms with Gasteiger partial charge in [0, 0.05) is 13.0 Å². The largest absolute Gasteiger partial charge is 0.472 e. The number of hydrogen-bond acceptors (Lipinski definition) is 6. The lowest BCUT2D eigenvalue weighted by atomic mass is 10.0. The minimum absolute atomic E-state index is 0.0727. The third kappa shape index (κ3) is 40.7. The molecule has 0 spiro atoms. The number of rotatable bonds is 43. The van der Waals surface area contributed by atoms with Crippen molar-refractivity contribution in [1.82, 2.24) is 5.32 Å². The number of nitrogens with one attached hydrogen (secondary N) is 1. The Morgan fingerprint density at radius 1 is 0.582 bits per heavy atom. The zero-order valence-corrected chi connectivity index (χ0v) is 36.8. The third-order valence-corrected chi connectivity index (χ3v) is 11.2. The van der Waals surface area contributed by atoms with Gasteiger partial charge in [-0.05, 0) is 44.9 Å². The fourth-order valence-electron chi connectivity index (χ4n) is 6.69. The lowest BCUT2D eigenvalue weighted by Gasteiger charge is -2.23. The van der Waals surface area contributed by atoms with E-state index < -0.39 is 20.0 Å². The molecule has 0 aromatic carbocycles. The molecule has 0 bridgehead atoms. The predicted octanol–water partition coefficient (Wildman–Crippen LogP) is 13.1. The molecule has 0 saturated heterocycles. The molecule has 3 atom stereocenters. The predicted molar refractivity (Wildman–Crippen MR) is 235 cm³/mol. The van der Waals surface area contributed by atoms with Crippen LogP contribution in [0.15, 0.2) is 36.5 Å². The molecule has 5 N–H and O–H groups in total. The van der Waals surface area contributed by atoms with Gasteiger partial charge in [0.2, 0.25) is 5.91 Å². The summed E-state index contributed by atoms with van der Waals surface area (Å²) in [7, 11) is -4.35. The summed E-state index contributed by atoms with van der Waals surface area (Å²) in [6.45, 7) is 4.11. The monoisotopic (exact) mass is 797 g/mol. The van der Waals surface area contributed by atoms with Crippen molar-refractivity contribution in [2.45, 2.75) is 231 Å². The number of phosphoric acid groups is 1. The smallest absolute Gasteiger partial charge is 0.387 e. The Labute approximate surface area is 340 Å². The molecule has 0 aromatic heterocycles. The summed E-state index contributed by atoms with van der Waals surface area (Å²) >= 11 is 0. The van der Waals surface area contributed by atoms with Crippen molar-refractivity contribution >= 4 is 13.7 Å². The standard InChI is InChI=1S/C46H89N2O6P/c1-3-5-7-9-11-13-15-17-19-20-21-22-23-24-26-28-30-32-34-36-38-40-46(50)48-44(43-54-55(51,52)53-42-41-47)45(49)39-37-35-33-31-29-27-25-18-16-14-12-10-8-6-4-2/h16,18,29,31,37,39,44-45,49H,3-15,17,19-28,30,32-36,38,40-43,47H2,1-2H3,(H,48,50)(H,51,52)/b18-16+,31-29+,39-37+. The van der Waals surface area contributed by atoms with Gasteiger partial charge in [-0.3, -0.25) is 13.8 Å². The molecule has 1 amide bonds. The Balaban J connectivity index is 4.17. The van der Waals surface area contributed by atoms with Crippen LogP contribution in [-0.4, -0.2) is 47.8 Å². The van der Waals surface area contributed by atoms with Gasteiger partial charge in [-0.15, -0.1) is 0 Å². The van der Waals surface area contributed by atoms with Crippen LogP contribution >= 0.6 is 7.82 Å². The lowest BCUT2D eigenvalue weighted by molar-refractivity contribution is -0.123. The van der Waals surface area contributed by atoms with Crippen LogP contribution < -0.4 is 11.1 Å². The van der Waals surface area contributed by atoms with Gasteiger partial charge in [0.25, 0.3) is 0 Å². The fraction of sp³-hybridized carbons (Fsp3) is 0.848. The third-order valence-electron chi connectivity index (χ3n) is 10.2. The maximum Gasteiger partial charge on any atom is 0.472 e. The second-order valence-corrected chi connectivity index (χ2v) is 17.1. The van der Waals surface area contributed by atoms with Crippen LogP contribution in [0.3, 0.4) is 0 Å². The van der Waals surface area contributed by atoms with Crippen molar-refractivity contribution in [2.75, 3.05) is 19.8 Å². The SMILES string of the molecule is CCCCCCC/C=C/CC/C=C/CC/C=C/C(O)C(COP(=O)(O)OCCN)NC(=O)CCCCCCCCCCCCCCCCCCCCCCC. The van der Waals surface area contributed by atoms with E-state index in [2.05, 4.69) is 43.5 Å². The molecule has 8 nitrogen and oxygen atoms in total. The van der Waals surface area contributed by atoms with E-state index in [1.165, 1.54) is 154 Å². The Hall–Kier alpha value is -1.28. The zero-order valence-electron chi connectivity index (χ0n) is 35.9. The highest BCUT2D eigenvalue weighted by molar-refractivity contribution is 7.47. The molecule has 55 heavy (non-hydrogen) atoms. The average Bonchev–Trinajstić information content (AvgIpc) is 3.17. The lowest BCUT2D eigenvalue weighted by Crippen LogP contribution is -2.45. The quantitative estimate of drug-likeness (QED) is 0.0274. The van der Waals surface area contributed by atoms with Gasteiger partial charge in [0.1, 0.15) is 0 Å². The normalized spacial score (nSPS) is 14.3. The van der Waals surface area contributed by atoms with Crippen molar-refractivity contribution < 1.29 is 28.4 Å². The highest BCUT2D eigenvalue weighted by atomic mass is 31.2. The van der Waals surface area contributed by atoms with Crippen LogP contribution in [0.1, 0.15) is 219 Å². The van der Waals surface area contributed by atoms with Crippen molar-refractivity contribution in [3.8, 4) is 0 Å². The Kier molecular flexibility index (Phi) is 41.3. The molecule has 0 saturated carbocycles. The van der Waals surface area contributed by atoms with E-state index in [1.54, 1.807) is 6.08 Å². The maximum absolute atomic E-state index is 12.8. The van der Waals surface area contributed by atoms with Crippen molar-refractivity contribution in [3.05, 3.63) is 36.5 Å². The number of carbonyl (C=O) groups excluding carboxylic acids is 1. The molecule has 9 heteroatoms. The first-order valence-corrected chi connectivity index (χ1v) is 24.6. The van der Waals surface area contributed by atoms with E-state index in [4.69, 9.17) is 14.8 Å². The summed E-state index contributed by atoms with van der Waals surface area (Å²) in [5.74, 6) is -0.206. The molecule has 0 heterocycles. The van der Waals surface area contributed by atoms with Gasteiger partial charge in [-0.2, -0.15) is 0 Å². The first-order chi connectivity index (χ1) is 26.9. The van der Waals surface area contributed by atoms with E-state index in [0.717, 1.165) is 44.9 Å². The number of phosphoric ester groups is 1. The van der Waals surface area contributed by atoms with Gasteiger partial charge in [0.05, 0.1) is 25.4 Å². The van der Waals surface area contributed by atoms with Crippen LogP contribution in [0, 0.1) is 0 Å². The minimum atomic E-state index is -4.35. The van der Waals surface area contributed by atoms with Crippen molar-refractivity contribution in [3.63, 3.8) is 0 Å². The Bertz CT molecular complexity index is 959. The molecule has 0 rings (SSSR count). The summed E-state index contributed by atoms with van der Waals surface area (Å²) in [5, 5.41) is 13.7. The molecule has 0 aromatic rings. The first-order valence-electron chi connectivity index (χ1n) is 23.1. The van der Waals surface area contributed by atoms with E-state index >= 15 is 0 Å². The Morgan fingerprint density at radius 2 is 0.964 bits per heavy atom. The summed E-state index contributed by atoms with van der Waals surface area (Å²) in [6.07, 6.45) is 50.6. The summed E-state index contributed by atoms with van der Waals surface area (Å²) in [4.78, 5) is 22.7. The number of aliphatic hydroxyl groups is 1. The van der Waals surface area contributed by atoms with E-state index in [0.29, 0.717) is 6.42 Å². The van der Waals surface area contributed by atoms with Gasteiger partial charge in [-0.25, -0.2) is 4.57 Å². The second-order valence-electron chi connectivity index (χ2n) is 15.6. The van der Waals surface area contributed by atoms with E-state index in [9.17, 15) is 19.4 Å². The van der Waals surface area contributed by atoms with Gasteiger partial charge in [-0.1, -0.05) is 204 Å². The number of allylic oxidation sites excluding steroid dienone is 5. The van der Waals surface area contributed by atoms with Crippen LogP contribution in [0.25, 0.3) is 0 Å². The number of aliphatic hydroxyl groups excluding tert-OH is 1. The van der Waals surface area contributed by atoms with Crippen LogP contribution in [0.5, 0.6) is 0 Å². The van der Waals surface area contributed by atoms with E-state index in [-0.39, 0.29) is 25.7 Å². The minimum Gasteiger partial charge on any atom is -0.387 e. The summed E-state index contributed by atoms with van der Waals surface area (Å²) < 4.78 is 22.1. The van der Waals surface area contributed by atoms with Crippen LogP contribution in [0.2, 0.25) is 0 Å². The van der Waals surface area contributed by atoms with Crippen molar-refractivity contribution in [1.29, 1.82) is 0 Å². The zero-order chi connectivity index (χ0) is 40.3. The molecule has 3 unspecified atom stereocenters. The van der Waals surface area contributed by atoms with Crippen LogP contribution in [0.4, 0.5) is 0 Å².